The van der Waals surface area contributed by atoms with E-state index in [9.17, 15) is 9.59 Å². The number of amides is 1. The molecule has 1 saturated heterocycles. The Balaban J connectivity index is 1.33. The van der Waals surface area contributed by atoms with Crippen molar-refractivity contribution in [2.24, 2.45) is 0 Å². The Kier molecular flexibility index (Phi) is 5.67. The second kappa shape index (κ2) is 8.37. The van der Waals surface area contributed by atoms with Gasteiger partial charge in [-0.3, -0.25) is 9.59 Å². The van der Waals surface area contributed by atoms with E-state index >= 15 is 0 Å². The predicted molar refractivity (Wildman–Crippen MR) is 114 cm³/mol. The number of piperazine rings is 1. The van der Waals surface area contributed by atoms with Crippen LogP contribution in [0.3, 0.4) is 0 Å². The molecule has 1 N–H and O–H groups in total. The molecule has 5 heteroatoms. The number of quaternary nitrogens is 1. The number of rotatable bonds is 4. The molecular weight excluding hydrogens is 362 g/mol. The van der Waals surface area contributed by atoms with Crippen molar-refractivity contribution >= 4 is 17.4 Å². The highest BCUT2D eigenvalue weighted by Crippen LogP contribution is 2.19. The first-order valence-electron chi connectivity index (χ1n) is 10.6. The number of hydrogen-bond donors (Lipinski definition) is 1. The van der Waals surface area contributed by atoms with E-state index in [0.29, 0.717) is 0 Å². The summed E-state index contributed by atoms with van der Waals surface area (Å²) in [5.74, 6) is 0.368. The van der Waals surface area contributed by atoms with E-state index in [2.05, 4.69) is 36.1 Å². The SMILES string of the molecule is CC(=O)c1ccc(N2CC[NH+]([C@H](C)C(=O)N3CCc4ccccc4C3)CC2)cc1. The lowest BCUT2D eigenvalue weighted by atomic mass is 9.99. The normalized spacial score (nSPS) is 18.3. The van der Waals surface area contributed by atoms with E-state index in [1.54, 1.807) is 6.92 Å². The maximum atomic E-state index is 13.1. The zero-order chi connectivity index (χ0) is 20.4. The van der Waals surface area contributed by atoms with Gasteiger partial charge in [-0.1, -0.05) is 24.3 Å². The first-order valence-corrected chi connectivity index (χ1v) is 10.6. The average molecular weight is 393 g/mol. The zero-order valence-corrected chi connectivity index (χ0v) is 17.4. The molecule has 4 rings (SSSR count). The van der Waals surface area contributed by atoms with Crippen LogP contribution in [0.15, 0.2) is 48.5 Å². The van der Waals surface area contributed by atoms with Crippen LogP contribution in [-0.2, 0) is 17.8 Å². The molecule has 0 spiro atoms. The van der Waals surface area contributed by atoms with Crippen LogP contribution in [0.1, 0.15) is 35.3 Å². The van der Waals surface area contributed by atoms with Gasteiger partial charge in [0.05, 0.1) is 26.2 Å². The summed E-state index contributed by atoms with van der Waals surface area (Å²) in [4.78, 5) is 30.3. The van der Waals surface area contributed by atoms with E-state index in [1.807, 2.05) is 29.2 Å². The number of nitrogens with one attached hydrogen (secondary N) is 1. The third-order valence-corrected chi connectivity index (χ3v) is 6.47. The molecular formula is C24H30N3O2+. The van der Waals surface area contributed by atoms with E-state index in [1.165, 1.54) is 16.0 Å². The van der Waals surface area contributed by atoms with Gasteiger partial charge in [0.25, 0.3) is 5.91 Å². The van der Waals surface area contributed by atoms with E-state index in [-0.39, 0.29) is 17.7 Å². The molecule has 2 heterocycles. The van der Waals surface area contributed by atoms with Crippen LogP contribution in [0.2, 0.25) is 0 Å². The fourth-order valence-corrected chi connectivity index (χ4v) is 4.52. The van der Waals surface area contributed by atoms with Crippen LogP contribution in [-0.4, -0.2) is 55.4 Å². The van der Waals surface area contributed by atoms with E-state index in [4.69, 9.17) is 0 Å². The highest BCUT2D eigenvalue weighted by Gasteiger charge is 2.33. The summed E-state index contributed by atoms with van der Waals surface area (Å²) in [6.45, 7) is 8.98. The Morgan fingerprint density at radius 2 is 1.59 bits per heavy atom. The summed E-state index contributed by atoms with van der Waals surface area (Å²) in [6, 6.07) is 16.3. The van der Waals surface area contributed by atoms with Gasteiger partial charge in [-0.25, -0.2) is 0 Å². The molecule has 0 radical (unpaired) electrons. The standard InChI is InChI=1S/C24H29N3O2/c1-18(24(29)27-12-11-21-5-3-4-6-22(21)17-27)25-13-15-26(16-14-25)23-9-7-20(8-10-23)19(2)28/h3-10,18H,11-17H2,1-2H3/p+1/t18-/m1/s1. The maximum Gasteiger partial charge on any atom is 0.280 e. The first kappa shape index (κ1) is 19.6. The Hall–Kier alpha value is -2.66. The number of carbonyl (C=O) groups excluding carboxylic acids is 2. The van der Waals surface area contributed by atoms with Crippen molar-refractivity contribution in [1.29, 1.82) is 0 Å². The van der Waals surface area contributed by atoms with Gasteiger partial charge in [-0.05, 0) is 55.7 Å². The lowest BCUT2D eigenvalue weighted by molar-refractivity contribution is -0.915. The predicted octanol–water partition coefficient (Wildman–Crippen LogP) is 1.57. The summed E-state index contributed by atoms with van der Waals surface area (Å²) in [5, 5.41) is 0. The molecule has 2 aromatic carbocycles. The van der Waals surface area contributed by atoms with Gasteiger partial charge in [0, 0.05) is 24.3 Å². The number of benzene rings is 2. The van der Waals surface area contributed by atoms with Crippen LogP contribution in [0, 0.1) is 0 Å². The van der Waals surface area contributed by atoms with Gasteiger partial charge >= 0.3 is 0 Å². The lowest BCUT2D eigenvalue weighted by Crippen LogP contribution is -3.19. The molecule has 1 amide bonds. The molecule has 5 nitrogen and oxygen atoms in total. The summed E-state index contributed by atoms with van der Waals surface area (Å²) in [5.41, 5.74) is 4.56. The molecule has 2 aromatic rings. The highest BCUT2D eigenvalue weighted by molar-refractivity contribution is 5.94. The summed E-state index contributed by atoms with van der Waals surface area (Å²) in [6.07, 6.45) is 0.952. The van der Waals surface area contributed by atoms with Crippen molar-refractivity contribution in [3.05, 3.63) is 65.2 Å². The fraction of sp³-hybridized carbons (Fsp3) is 0.417. The van der Waals surface area contributed by atoms with Crippen molar-refractivity contribution in [2.75, 3.05) is 37.6 Å². The van der Waals surface area contributed by atoms with Crippen LogP contribution in [0.25, 0.3) is 0 Å². The molecule has 0 aromatic heterocycles. The molecule has 2 aliphatic rings. The molecule has 2 aliphatic heterocycles. The highest BCUT2D eigenvalue weighted by atomic mass is 16.2. The smallest absolute Gasteiger partial charge is 0.280 e. The molecule has 152 valence electrons. The number of ketones is 1. The summed E-state index contributed by atoms with van der Waals surface area (Å²) in [7, 11) is 0. The van der Waals surface area contributed by atoms with Crippen molar-refractivity contribution < 1.29 is 14.5 Å². The van der Waals surface area contributed by atoms with E-state index < -0.39 is 0 Å². The summed E-state index contributed by atoms with van der Waals surface area (Å²) >= 11 is 0. The minimum atomic E-state index is -0.0116. The molecule has 1 fully saturated rings. The van der Waals surface area contributed by atoms with Gasteiger partial charge in [0.2, 0.25) is 0 Å². The average Bonchev–Trinajstić information content (AvgIpc) is 2.78. The molecule has 0 unspecified atom stereocenters. The molecule has 0 bridgehead atoms. The third-order valence-electron chi connectivity index (χ3n) is 6.47. The Bertz CT molecular complexity index is 885. The number of anilines is 1. The fourth-order valence-electron chi connectivity index (χ4n) is 4.52. The Morgan fingerprint density at radius 1 is 0.931 bits per heavy atom. The van der Waals surface area contributed by atoms with Crippen LogP contribution in [0.4, 0.5) is 5.69 Å². The molecule has 29 heavy (non-hydrogen) atoms. The minimum Gasteiger partial charge on any atom is -0.360 e. The maximum absolute atomic E-state index is 13.1. The van der Waals surface area contributed by atoms with Crippen LogP contribution < -0.4 is 9.80 Å². The van der Waals surface area contributed by atoms with Gasteiger partial charge in [0.15, 0.2) is 11.8 Å². The van der Waals surface area contributed by atoms with E-state index in [0.717, 1.165) is 56.9 Å². The third kappa shape index (κ3) is 4.20. The first-order chi connectivity index (χ1) is 14.0. The van der Waals surface area contributed by atoms with Crippen molar-refractivity contribution in [2.45, 2.75) is 32.9 Å². The number of fused-ring (bicyclic) bond motifs is 1. The number of nitrogens with zero attached hydrogens (tertiary/aromatic N) is 2. The van der Waals surface area contributed by atoms with Gasteiger partial charge < -0.3 is 14.7 Å². The topological polar surface area (TPSA) is 45.1 Å². The number of carbonyl (C=O) groups is 2. The number of Topliss-reactive ketones (excluding diaryl/α,β-unsaturated/α-hetero) is 1. The molecule has 1 atom stereocenters. The van der Waals surface area contributed by atoms with Crippen molar-refractivity contribution in [3.63, 3.8) is 0 Å². The Labute approximate surface area is 172 Å². The van der Waals surface area contributed by atoms with Gasteiger partial charge in [-0.2, -0.15) is 0 Å². The second-order valence-electron chi connectivity index (χ2n) is 8.25. The van der Waals surface area contributed by atoms with Gasteiger partial charge in [-0.15, -0.1) is 0 Å². The second-order valence-corrected chi connectivity index (χ2v) is 8.25. The van der Waals surface area contributed by atoms with Crippen LogP contribution >= 0.6 is 0 Å². The molecule has 0 saturated carbocycles. The monoisotopic (exact) mass is 392 g/mol. The van der Waals surface area contributed by atoms with Crippen molar-refractivity contribution in [3.8, 4) is 0 Å². The number of hydrogen-bond acceptors (Lipinski definition) is 3. The quantitative estimate of drug-likeness (QED) is 0.804. The molecule has 0 aliphatic carbocycles. The summed E-state index contributed by atoms with van der Waals surface area (Å²) < 4.78 is 0. The Morgan fingerprint density at radius 3 is 2.24 bits per heavy atom. The zero-order valence-electron chi connectivity index (χ0n) is 17.4. The van der Waals surface area contributed by atoms with Gasteiger partial charge in [0.1, 0.15) is 0 Å². The lowest BCUT2D eigenvalue weighted by Gasteiger charge is -2.38. The van der Waals surface area contributed by atoms with Crippen LogP contribution in [0.5, 0.6) is 0 Å². The minimum absolute atomic E-state index is 0.0116. The largest absolute Gasteiger partial charge is 0.360 e. The van der Waals surface area contributed by atoms with Crippen molar-refractivity contribution in [1.82, 2.24) is 4.90 Å².